The molecule has 0 radical (unpaired) electrons. The monoisotopic (exact) mass is 558 g/mol. The number of nitrogens with zero attached hydrogens (tertiary/aromatic N) is 2. The molecule has 4 heterocycles. The van der Waals surface area contributed by atoms with Gasteiger partial charge in [-0.3, -0.25) is 14.4 Å². The summed E-state index contributed by atoms with van der Waals surface area (Å²) in [6.45, 7) is 2.86. The molecule has 2 saturated heterocycles. The van der Waals surface area contributed by atoms with Gasteiger partial charge in [0.2, 0.25) is 5.91 Å². The fourth-order valence-electron chi connectivity index (χ4n) is 7.18. The summed E-state index contributed by atoms with van der Waals surface area (Å²) >= 11 is 0. The number of aliphatic hydroxyl groups is 1. The second-order valence-corrected chi connectivity index (χ2v) is 11.8. The van der Waals surface area contributed by atoms with E-state index in [0.717, 1.165) is 42.1 Å². The third kappa shape index (κ3) is 4.67. The van der Waals surface area contributed by atoms with E-state index in [4.69, 9.17) is 9.47 Å². The fourth-order valence-corrected chi connectivity index (χ4v) is 7.18. The van der Waals surface area contributed by atoms with Crippen molar-refractivity contribution in [2.24, 2.45) is 11.8 Å². The normalized spacial score (nSPS) is 32.3. The number of cyclic esters (lactones) is 1. The molecule has 4 aliphatic rings. The molecule has 2 amide bonds. The number of fused-ring (bicyclic) bond motifs is 3. The summed E-state index contributed by atoms with van der Waals surface area (Å²) in [6.07, 6.45) is 12.1. The predicted octanol–water partition coefficient (Wildman–Crippen LogP) is 4.16. The van der Waals surface area contributed by atoms with Gasteiger partial charge in [0.25, 0.3) is 5.91 Å². The highest BCUT2D eigenvalue weighted by Gasteiger charge is 2.74. The van der Waals surface area contributed by atoms with Gasteiger partial charge in [0.15, 0.2) is 0 Å². The van der Waals surface area contributed by atoms with Gasteiger partial charge < -0.3 is 24.4 Å². The van der Waals surface area contributed by atoms with Gasteiger partial charge in [-0.25, -0.2) is 0 Å². The Morgan fingerprint density at radius 2 is 1.76 bits per heavy atom. The van der Waals surface area contributed by atoms with Gasteiger partial charge in [-0.15, -0.1) is 0 Å². The zero-order valence-corrected chi connectivity index (χ0v) is 23.5. The third-order valence-corrected chi connectivity index (χ3v) is 9.10. The van der Waals surface area contributed by atoms with Crippen LogP contribution >= 0.6 is 0 Å². The third-order valence-electron chi connectivity index (χ3n) is 9.10. The first-order valence-electron chi connectivity index (χ1n) is 14.8. The minimum Gasteiger partial charge on any atom is -0.465 e. The van der Waals surface area contributed by atoms with E-state index in [1.165, 1.54) is 0 Å². The highest BCUT2D eigenvalue weighted by atomic mass is 16.6. The maximum atomic E-state index is 14.6. The number of amides is 2. The quantitative estimate of drug-likeness (QED) is 0.325. The molecule has 1 spiro atoms. The lowest BCUT2D eigenvalue weighted by Crippen LogP contribution is -2.56. The number of benzene rings is 2. The number of allylic oxidation sites excluding steroid dienone is 1. The predicted molar refractivity (Wildman–Crippen MR) is 155 cm³/mol. The van der Waals surface area contributed by atoms with Crippen LogP contribution in [0.5, 0.6) is 0 Å². The minimum atomic E-state index is -1.31. The molecule has 2 aromatic carbocycles. The maximum absolute atomic E-state index is 14.6. The first-order chi connectivity index (χ1) is 19.9. The smallest absolute Gasteiger partial charge is 0.313 e. The summed E-state index contributed by atoms with van der Waals surface area (Å²) < 4.78 is 12.6. The van der Waals surface area contributed by atoms with Crippen molar-refractivity contribution in [3.05, 3.63) is 66.8 Å². The van der Waals surface area contributed by atoms with Crippen molar-refractivity contribution in [2.45, 2.75) is 62.7 Å². The minimum absolute atomic E-state index is 0.0725. The Balaban J connectivity index is 1.44. The lowest BCUT2D eigenvalue weighted by Gasteiger charge is -2.37. The Kier molecular flexibility index (Phi) is 7.47. The Bertz CT molecular complexity index is 1400. The molecule has 41 heavy (non-hydrogen) atoms. The van der Waals surface area contributed by atoms with Crippen LogP contribution in [-0.2, 0) is 23.9 Å². The first-order valence-corrected chi connectivity index (χ1v) is 14.8. The van der Waals surface area contributed by atoms with Gasteiger partial charge in [-0.1, -0.05) is 54.6 Å². The van der Waals surface area contributed by atoms with E-state index in [0.29, 0.717) is 32.5 Å². The molecule has 8 heteroatoms. The van der Waals surface area contributed by atoms with Crippen LogP contribution in [0.15, 0.2) is 66.8 Å². The van der Waals surface area contributed by atoms with Crippen molar-refractivity contribution in [2.75, 3.05) is 31.2 Å². The highest BCUT2D eigenvalue weighted by molar-refractivity contribution is 6.06. The number of hydrogen-bond acceptors (Lipinski definition) is 6. The molecule has 4 aliphatic heterocycles. The lowest BCUT2D eigenvalue weighted by atomic mass is 9.74. The summed E-state index contributed by atoms with van der Waals surface area (Å²) in [5, 5.41) is 11.4. The molecule has 0 saturated carbocycles. The van der Waals surface area contributed by atoms with Gasteiger partial charge in [-0.05, 0) is 68.4 Å². The fraction of sp³-hybridized carbons (Fsp3) is 0.485. The molecule has 6 rings (SSSR count). The number of carbonyl (C=O) groups excluding carboxylic acids is 3. The van der Waals surface area contributed by atoms with Crippen LogP contribution in [0.25, 0.3) is 10.8 Å². The van der Waals surface area contributed by atoms with Crippen molar-refractivity contribution in [3.8, 4) is 0 Å². The summed E-state index contributed by atoms with van der Waals surface area (Å²) in [4.78, 5) is 45.9. The van der Waals surface area contributed by atoms with Gasteiger partial charge in [0.05, 0.1) is 18.1 Å². The first kappa shape index (κ1) is 27.7. The van der Waals surface area contributed by atoms with E-state index in [2.05, 4.69) is 0 Å². The zero-order chi connectivity index (χ0) is 28.6. The van der Waals surface area contributed by atoms with E-state index in [1.807, 2.05) is 73.7 Å². The van der Waals surface area contributed by atoms with Gasteiger partial charge in [0.1, 0.15) is 17.6 Å². The molecule has 2 fully saturated rings. The number of rotatable bonds is 6. The Morgan fingerprint density at radius 1 is 0.927 bits per heavy atom. The molecular weight excluding hydrogens is 520 g/mol. The van der Waals surface area contributed by atoms with E-state index in [9.17, 15) is 19.5 Å². The summed E-state index contributed by atoms with van der Waals surface area (Å²) in [5.74, 6) is -2.70. The van der Waals surface area contributed by atoms with Gasteiger partial charge in [0, 0.05) is 25.4 Å². The summed E-state index contributed by atoms with van der Waals surface area (Å²) in [7, 11) is 0. The molecule has 5 atom stereocenters. The molecule has 0 bridgehead atoms. The molecule has 0 aliphatic carbocycles. The number of likely N-dealkylation sites (tertiary alicyclic amines) is 1. The maximum Gasteiger partial charge on any atom is 0.313 e. The van der Waals surface area contributed by atoms with Crippen LogP contribution in [-0.4, -0.2) is 71.3 Å². The van der Waals surface area contributed by atoms with Crippen molar-refractivity contribution in [1.82, 2.24) is 4.90 Å². The summed E-state index contributed by atoms with van der Waals surface area (Å²) in [5.41, 5.74) is -1.67. The largest absolute Gasteiger partial charge is 0.465 e. The van der Waals surface area contributed by atoms with Crippen LogP contribution in [0.3, 0.4) is 0 Å². The molecule has 0 aromatic heterocycles. The van der Waals surface area contributed by atoms with Crippen LogP contribution in [0, 0.1) is 11.8 Å². The van der Waals surface area contributed by atoms with Crippen molar-refractivity contribution >= 4 is 34.2 Å². The average molecular weight is 559 g/mol. The van der Waals surface area contributed by atoms with E-state index in [-0.39, 0.29) is 18.4 Å². The van der Waals surface area contributed by atoms with Crippen LogP contribution < -0.4 is 4.90 Å². The van der Waals surface area contributed by atoms with Crippen LogP contribution in [0.2, 0.25) is 0 Å². The number of unbranched alkanes of at least 4 members (excludes halogenated alkanes) is 2. The summed E-state index contributed by atoms with van der Waals surface area (Å²) in [6, 6.07) is 13.0. The van der Waals surface area contributed by atoms with Crippen LogP contribution in [0.4, 0.5) is 5.69 Å². The highest BCUT2D eigenvalue weighted by Crippen LogP contribution is 2.57. The van der Waals surface area contributed by atoms with E-state index >= 15 is 0 Å². The molecule has 1 unspecified atom stereocenters. The molecule has 2 aromatic rings. The Morgan fingerprint density at radius 3 is 2.59 bits per heavy atom. The topological polar surface area (TPSA) is 96.4 Å². The van der Waals surface area contributed by atoms with Crippen LogP contribution in [0.1, 0.15) is 45.4 Å². The Hall–Kier alpha value is -3.49. The van der Waals surface area contributed by atoms with Crippen molar-refractivity contribution in [1.29, 1.82) is 0 Å². The van der Waals surface area contributed by atoms with Crippen molar-refractivity contribution in [3.63, 3.8) is 0 Å². The van der Waals surface area contributed by atoms with E-state index < -0.39 is 35.0 Å². The zero-order valence-electron chi connectivity index (χ0n) is 23.5. The molecule has 216 valence electrons. The van der Waals surface area contributed by atoms with E-state index in [1.54, 1.807) is 9.80 Å². The number of ether oxygens (including phenoxy) is 2. The molecule has 1 N–H and O–H groups in total. The molecule has 8 nitrogen and oxygen atoms in total. The Labute approximate surface area is 240 Å². The second-order valence-electron chi connectivity index (χ2n) is 11.8. The van der Waals surface area contributed by atoms with Crippen molar-refractivity contribution < 1.29 is 29.0 Å². The van der Waals surface area contributed by atoms with Gasteiger partial charge in [-0.2, -0.15) is 0 Å². The molecular formula is C33H38N2O6. The number of anilines is 1. The number of aliphatic hydroxyl groups excluding tert-OH is 1. The number of hydrogen-bond donors (Lipinski definition) is 1. The average Bonchev–Trinajstić information content (AvgIpc) is 3.29. The number of carbonyl (C=O) groups is 3. The standard InChI is InChI=1S/C33H38N2O6/c1-32-16-7-2-3-10-21-40-31(39)27(32)26-29(37)35(18-8-4-9-20-36)28-30(38)34(19-11-17-33(26,28)41-32)25-15-14-23-12-5-6-13-24(23)22-25/h5-7,11-17,22,26-28,36H,2-4,8-10,18-21H2,1H3/b16-7-/t26-,27+,28?,32-,33-/m0/s1. The van der Waals surface area contributed by atoms with Gasteiger partial charge >= 0.3 is 5.97 Å². The SMILES string of the molecule is C[C@]12/C=C\CCCCOC(=O)[C@H]1[C@H]1C(=O)N(CCCCCO)C3C(=O)N(c4ccc5ccccc5c4)CC=C[C@@]31O2. The lowest BCUT2D eigenvalue weighted by molar-refractivity contribution is -0.158. The second kappa shape index (κ2) is 11.1. The number of esters is 1.